The van der Waals surface area contributed by atoms with E-state index in [1.54, 1.807) is 0 Å². The molecule has 0 spiro atoms. The third-order valence-electron chi connectivity index (χ3n) is 14.3. The van der Waals surface area contributed by atoms with Gasteiger partial charge in [0.1, 0.15) is 0 Å². The van der Waals surface area contributed by atoms with Crippen molar-refractivity contribution >= 4 is 11.1 Å². The Bertz CT molecular complexity index is 3790. The second-order valence-corrected chi connectivity index (χ2v) is 18.0. The molecule has 0 aromatic heterocycles. The zero-order valence-corrected chi connectivity index (χ0v) is 37.0. The Balaban J connectivity index is 1.08. The minimum atomic E-state index is -0.0275. The average Bonchev–Trinajstić information content (AvgIpc) is 3.42. The van der Waals surface area contributed by atoms with Crippen LogP contribution in [0.25, 0.3) is 66.8 Å². The largest absolute Gasteiger partial charge is 0.192 e. The van der Waals surface area contributed by atoms with Crippen molar-refractivity contribution in [2.75, 3.05) is 0 Å². The predicted octanol–water partition coefficient (Wildman–Crippen LogP) is 13.8. The van der Waals surface area contributed by atoms with Crippen LogP contribution in [0.5, 0.6) is 0 Å². The van der Waals surface area contributed by atoms with Crippen molar-refractivity contribution in [3.8, 4) is 73.8 Å². The van der Waals surface area contributed by atoms with Gasteiger partial charge in [-0.25, -0.2) is 0 Å². The van der Waals surface area contributed by atoms with Gasteiger partial charge in [-0.1, -0.05) is 170 Å². The van der Waals surface area contributed by atoms with Crippen molar-refractivity contribution in [1.29, 1.82) is 15.8 Å². The molecule has 0 fully saturated rings. The number of fused-ring (bicyclic) bond motifs is 8. The summed E-state index contributed by atoms with van der Waals surface area (Å²) in [6.07, 6.45) is 17.7. The summed E-state index contributed by atoms with van der Waals surface area (Å²) in [6.45, 7) is 0. The number of hydrogen-bond donors (Lipinski definition) is 0. The Morgan fingerprint density at radius 2 is 0.897 bits per heavy atom. The van der Waals surface area contributed by atoms with Crippen LogP contribution >= 0.6 is 0 Å². The summed E-state index contributed by atoms with van der Waals surface area (Å²) in [4.78, 5) is 0. The van der Waals surface area contributed by atoms with Crippen molar-refractivity contribution in [2.45, 2.75) is 17.8 Å². The van der Waals surface area contributed by atoms with Crippen molar-refractivity contribution in [3.05, 3.63) is 274 Å². The molecule has 0 amide bonds. The van der Waals surface area contributed by atoms with Crippen molar-refractivity contribution in [3.63, 3.8) is 0 Å². The van der Waals surface area contributed by atoms with Crippen LogP contribution in [0.1, 0.15) is 56.7 Å². The van der Waals surface area contributed by atoms with Crippen LogP contribution in [0.2, 0.25) is 0 Å². The third-order valence-corrected chi connectivity index (χ3v) is 14.3. The Hall–Kier alpha value is -9.07. The van der Waals surface area contributed by atoms with E-state index in [4.69, 9.17) is 0 Å². The summed E-state index contributed by atoms with van der Waals surface area (Å²) in [7, 11) is 0. The molecule has 0 bridgehead atoms. The summed E-state index contributed by atoms with van der Waals surface area (Å²) >= 11 is 0. The lowest BCUT2D eigenvalue weighted by atomic mass is 9.69. The standard InChI is InChI=1S/C65H41N3/c66-38-41-29-47(46-27-28-57-53-21-8-7-19-51(53)52-20-9-10-24-56(52)62(57)37-46)35-48(30-41)60-33-43(40-68)34-61(63(60)44-15-3-1-4-16-44)49-31-42(39-67)32-50(36-49)65-59-26-14-12-23-55(59)54-22-11-13-25-58(54)64(65)45-17-5-2-6-18-45/h1-37,51,53,58,64H. The molecule has 68 heavy (non-hydrogen) atoms. The molecule has 8 aromatic rings. The Morgan fingerprint density at radius 1 is 0.353 bits per heavy atom. The van der Waals surface area contributed by atoms with Gasteiger partial charge in [0, 0.05) is 23.7 Å². The van der Waals surface area contributed by atoms with E-state index in [1.807, 2.05) is 54.6 Å². The highest BCUT2D eigenvalue weighted by Gasteiger charge is 2.34. The number of allylic oxidation sites excluding steroid dienone is 8. The molecule has 0 saturated carbocycles. The first kappa shape index (κ1) is 40.4. The molecule has 0 radical (unpaired) electrons. The molecule has 0 N–H and O–H groups in total. The fraction of sp³-hybridized carbons (Fsp3) is 0.0615. The van der Waals surface area contributed by atoms with Crippen LogP contribution in [-0.2, 0) is 0 Å². The minimum Gasteiger partial charge on any atom is -0.192 e. The lowest BCUT2D eigenvalue weighted by molar-refractivity contribution is 0.720. The highest BCUT2D eigenvalue weighted by atomic mass is 14.4. The van der Waals surface area contributed by atoms with E-state index in [2.05, 4.69) is 188 Å². The van der Waals surface area contributed by atoms with Crippen LogP contribution in [0, 0.1) is 39.9 Å². The highest BCUT2D eigenvalue weighted by Crippen LogP contribution is 2.51. The van der Waals surface area contributed by atoms with Gasteiger partial charge in [-0.2, -0.15) is 15.8 Å². The second kappa shape index (κ2) is 16.7. The van der Waals surface area contributed by atoms with Gasteiger partial charge in [0.15, 0.2) is 0 Å². The summed E-state index contributed by atoms with van der Waals surface area (Å²) in [5, 5.41) is 34.6. The number of benzene rings is 8. The molecule has 316 valence electrons. The fourth-order valence-electron chi connectivity index (χ4n) is 11.4. The van der Waals surface area contributed by atoms with Crippen LogP contribution in [0.4, 0.5) is 0 Å². The zero-order chi connectivity index (χ0) is 45.7. The molecule has 4 unspecified atom stereocenters. The van der Waals surface area contributed by atoms with E-state index in [9.17, 15) is 15.8 Å². The molecule has 4 aliphatic rings. The molecule has 8 aromatic carbocycles. The lowest BCUT2D eigenvalue weighted by Gasteiger charge is -2.34. The monoisotopic (exact) mass is 863 g/mol. The van der Waals surface area contributed by atoms with Gasteiger partial charge in [0.2, 0.25) is 0 Å². The van der Waals surface area contributed by atoms with Gasteiger partial charge in [-0.3, -0.25) is 0 Å². The topological polar surface area (TPSA) is 71.4 Å². The molecule has 4 atom stereocenters. The quantitative estimate of drug-likeness (QED) is 0.167. The number of nitrogens with zero attached hydrogens (tertiary/aromatic N) is 3. The maximum atomic E-state index is 10.8. The van der Waals surface area contributed by atoms with Crippen molar-refractivity contribution in [2.24, 2.45) is 5.92 Å². The smallest absolute Gasteiger partial charge is 0.0992 e. The van der Waals surface area contributed by atoms with Gasteiger partial charge in [0.25, 0.3) is 0 Å². The van der Waals surface area contributed by atoms with Gasteiger partial charge in [-0.05, 0) is 154 Å². The van der Waals surface area contributed by atoms with Crippen molar-refractivity contribution < 1.29 is 0 Å². The van der Waals surface area contributed by atoms with Crippen LogP contribution < -0.4 is 10.4 Å². The van der Waals surface area contributed by atoms with E-state index >= 15 is 0 Å². The second-order valence-electron chi connectivity index (χ2n) is 18.0. The van der Waals surface area contributed by atoms with Gasteiger partial charge in [0.05, 0.1) is 34.9 Å². The van der Waals surface area contributed by atoms with Crippen LogP contribution in [0.3, 0.4) is 0 Å². The molecular weight excluding hydrogens is 823 g/mol. The van der Waals surface area contributed by atoms with E-state index in [0.717, 1.165) is 60.9 Å². The average molecular weight is 864 g/mol. The van der Waals surface area contributed by atoms with Crippen molar-refractivity contribution in [1.82, 2.24) is 0 Å². The summed E-state index contributed by atoms with van der Waals surface area (Å²) in [5.74, 6) is 0.583. The molecular formula is C65H41N3. The van der Waals surface area contributed by atoms with E-state index in [-0.39, 0.29) is 23.7 Å². The molecule has 0 aliphatic heterocycles. The van der Waals surface area contributed by atoms with Gasteiger partial charge < -0.3 is 0 Å². The van der Waals surface area contributed by atoms with Gasteiger partial charge in [-0.15, -0.1) is 0 Å². The molecule has 0 saturated heterocycles. The Labute approximate surface area is 396 Å². The van der Waals surface area contributed by atoms with E-state index < -0.39 is 0 Å². The van der Waals surface area contributed by atoms with Crippen LogP contribution in [0.15, 0.2) is 225 Å². The fourth-order valence-corrected chi connectivity index (χ4v) is 11.4. The molecule has 3 nitrogen and oxygen atoms in total. The summed E-state index contributed by atoms with van der Waals surface area (Å²) in [6, 6.07) is 68.6. The normalized spacial score (nSPS) is 18.0. The number of rotatable bonds is 6. The minimum absolute atomic E-state index is 0.0275. The predicted molar refractivity (Wildman–Crippen MR) is 274 cm³/mol. The molecule has 3 heteroatoms. The third kappa shape index (κ3) is 6.79. The Kier molecular flexibility index (Phi) is 9.95. The van der Waals surface area contributed by atoms with Crippen LogP contribution in [-0.4, -0.2) is 0 Å². The first-order valence-corrected chi connectivity index (χ1v) is 23.2. The first-order valence-electron chi connectivity index (χ1n) is 23.2. The SMILES string of the molecule is N#Cc1cc(C2=c3ccccc3=C3C=CC=CC3C2c2ccccc2)cc(-c2cc(C#N)cc(-c3cc(C#N)cc(-c4ccc5c(c4)-c4ccccc4C4C=CC=CC54)c3)c2-c2ccccc2)c1. The van der Waals surface area contributed by atoms with Gasteiger partial charge >= 0.3 is 0 Å². The maximum Gasteiger partial charge on any atom is 0.0992 e. The number of nitriles is 3. The molecule has 12 rings (SSSR count). The Morgan fingerprint density at radius 3 is 1.60 bits per heavy atom. The first-order chi connectivity index (χ1) is 33.6. The highest BCUT2D eigenvalue weighted by molar-refractivity contribution is 5.98. The number of hydrogen-bond acceptors (Lipinski definition) is 3. The van der Waals surface area contributed by atoms with E-state index in [0.29, 0.717) is 16.7 Å². The molecule has 4 aliphatic carbocycles. The summed E-state index contributed by atoms with van der Waals surface area (Å²) in [5.41, 5.74) is 18.3. The lowest BCUT2D eigenvalue weighted by Crippen LogP contribution is -2.39. The zero-order valence-electron chi connectivity index (χ0n) is 37.0. The van der Waals surface area contributed by atoms with E-state index in [1.165, 1.54) is 38.6 Å². The maximum absolute atomic E-state index is 10.8. The summed E-state index contributed by atoms with van der Waals surface area (Å²) < 4.78 is 0. The molecule has 0 heterocycles.